The number of amides is 1. The molecule has 0 unspecified atom stereocenters. The van der Waals surface area contributed by atoms with Crippen molar-refractivity contribution in [3.05, 3.63) is 54.1 Å². The van der Waals surface area contributed by atoms with Gasteiger partial charge in [0.05, 0.1) is 18.9 Å². The molecule has 1 amide bonds. The molecule has 0 aromatic heterocycles. The Kier molecular flexibility index (Phi) is 6.60. The van der Waals surface area contributed by atoms with E-state index in [4.69, 9.17) is 14.2 Å². The fourth-order valence-electron chi connectivity index (χ4n) is 2.21. The minimum absolute atomic E-state index is 0.199. The van der Waals surface area contributed by atoms with Gasteiger partial charge in [-0.1, -0.05) is 12.1 Å². The van der Waals surface area contributed by atoms with Crippen LogP contribution >= 0.6 is 0 Å². The molecule has 0 saturated carbocycles. The number of benzene rings is 2. The highest BCUT2D eigenvalue weighted by Gasteiger charge is 2.18. The molecule has 0 heterocycles. The van der Waals surface area contributed by atoms with Crippen molar-refractivity contribution in [2.24, 2.45) is 0 Å². The number of esters is 1. The van der Waals surface area contributed by atoms with E-state index in [0.29, 0.717) is 22.7 Å². The predicted octanol–water partition coefficient (Wildman–Crippen LogP) is 3.67. The molecule has 2 aromatic carbocycles. The van der Waals surface area contributed by atoms with Crippen LogP contribution in [0, 0.1) is 0 Å². The molecule has 138 valence electrons. The maximum absolute atomic E-state index is 12.4. The molecule has 26 heavy (non-hydrogen) atoms. The number of hydrogen-bond acceptors (Lipinski definition) is 5. The minimum Gasteiger partial charge on any atom is -0.495 e. The second-order valence-electron chi connectivity index (χ2n) is 5.92. The topological polar surface area (TPSA) is 73.9 Å². The zero-order chi connectivity index (χ0) is 19.1. The predicted molar refractivity (Wildman–Crippen MR) is 98.7 cm³/mol. The van der Waals surface area contributed by atoms with Crippen LogP contribution in [0.15, 0.2) is 48.5 Å². The molecule has 0 aliphatic rings. The zero-order valence-electron chi connectivity index (χ0n) is 15.3. The molecular formula is C20H23NO5. The SMILES string of the molecule is COc1ccccc1NC(=O)c1ccc(O[C@@H](C)C(=O)OC(C)C)cc1. The molecule has 6 heteroatoms. The van der Waals surface area contributed by atoms with Gasteiger partial charge in [-0.2, -0.15) is 0 Å². The van der Waals surface area contributed by atoms with E-state index in [1.54, 1.807) is 64.3 Å². The molecule has 0 fully saturated rings. The van der Waals surface area contributed by atoms with E-state index < -0.39 is 12.1 Å². The summed E-state index contributed by atoms with van der Waals surface area (Å²) in [4.78, 5) is 24.1. The first-order valence-electron chi connectivity index (χ1n) is 8.32. The van der Waals surface area contributed by atoms with Crippen molar-refractivity contribution >= 4 is 17.6 Å². The van der Waals surface area contributed by atoms with Gasteiger partial charge in [0.25, 0.3) is 5.91 Å². The lowest BCUT2D eigenvalue weighted by atomic mass is 10.2. The lowest BCUT2D eigenvalue weighted by molar-refractivity contribution is -0.154. The van der Waals surface area contributed by atoms with Crippen LogP contribution in [-0.2, 0) is 9.53 Å². The molecule has 2 rings (SSSR count). The van der Waals surface area contributed by atoms with Crippen LogP contribution in [-0.4, -0.2) is 31.2 Å². The van der Waals surface area contributed by atoms with E-state index >= 15 is 0 Å². The number of ether oxygens (including phenoxy) is 3. The van der Waals surface area contributed by atoms with Gasteiger partial charge in [0.1, 0.15) is 11.5 Å². The lowest BCUT2D eigenvalue weighted by Crippen LogP contribution is -2.28. The smallest absolute Gasteiger partial charge is 0.347 e. The maximum atomic E-state index is 12.4. The van der Waals surface area contributed by atoms with Gasteiger partial charge in [-0.3, -0.25) is 4.79 Å². The Balaban J connectivity index is 2.00. The van der Waals surface area contributed by atoms with E-state index in [1.807, 2.05) is 12.1 Å². The van der Waals surface area contributed by atoms with Crippen LogP contribution in [0.5, 0.6) is 11.5 Å². The van der Waals surface area contributed by atoms with Crippen molar-refractivity contribution < 1.29 is 23.8 Å². The van der Waals surface area contributed by atoms with E-state index in [9.17, 15) is 9.59 Å². The van der Waals surface area contributed by atoms with Crippen molar-refractivity contribution in [2.75, 3.05) is 12.4 Å². The van der Waals surface area contributed by atoms with Crippen LogP contribution in [0.1, 0.15) is 31.1 Å². The number of hydrogen-bond donors (Lipinski definition) is 1. The molecule has 0 spiro atoms. The Hall–Kier alpha value is -3.02. The number of nitrogens with one attached hydrogen (secondary N) is 1. The number of carbonyl (C=O) groups excluding carboxylic acids is 2. The monoisotopic (exact) mass is 357 g/mol. The normalized spacial score (nSPS) is 11.6. The van der Waals surface area contributed by atoms with Crippen LogP contribution in [0.2, 0.25) is 0 Å². The number of methoxy groups -OCH3 is 1. The number of carbonyl (C=O) groups is 2. The highest BCUT2D eigenvalue weighted by Crippen LogP contribution is 2.24. The second kappa shape index (κ2) is 8.89. The molecule has 1 atom stereocenters. The highest BCUT2D eigenvalue weighted by atomic mass is 16.6. The largest absolute Gasteiger partial charge is 0.495 e. The molecule has 2 aromatic rings. The van der Waals surface area contributed by atoms with Crippen molar-refractivity contribution in [3.63, 3.8) is 0 Å². The summed E-state index contributed by atoms with van der Waals surface area (Å²) in [5.41, 5.74) is 1.05. The second-order valence-corrected chi connectivity index (χ2v) is 5.92. The lowest BCUT2D eigenvalue weighted by Gasteiger charge is -2.16. The molecular weight excluding hydrogens is 334 g/mol. The number of anilines is 1. The van der Waals surface area contributed by atoms with Gasteiger partial charge in [-0.05, 0) is 57.2 Å². The van der Waals surface area contributed by atoms with Gasteiger partial charge >= 0.3 is 5.97 Å². The molecule has 0 saturated heterocycles. The van der Waals surface area contributed by atoms with Crippen molar-refractivity contribution in [2.45, 2.75) is 33.0 Å². The van der Waals surface area contributed by atoms with Gasteiger partial charge in [-0.15, -0.1) is 0 Å². The number of para-hydroxylation sites is 2. The first-order chi connectivity index (χ1) is 12.4. The third-order valence-electron chi connectivity index (χ3n) is 3.47. The van der Waals surface area contributed by atoms with Gasteiger partial charge in [0.2, 0.25) is 0 Å². The quantitative estimate of drug-likeness (QED) is 0.766. The molecule has 0 radical (unpaired) electrons. The molecule has 0 bridgehead atoms. The van der Waals surface area contributed by atoms with Gasteiger partial charge < -0.3 is 19.5 Å². The zero-order valence-corrected chi connectivity index (χ0v) is 15.3. The third kappa shape index (κ3) is 5.24. The summed E-state index contributed by atoms with van der Waals surface area (Å²) in [5, 5.41) is 2.80. The Morgan fingerprint density at radius 1 is 0.962 bits per heavy atom. The van der Waals surface area contributed by atoms with Gasteiger partial charge in [0.15, 0.2) is 6.10 Å². The van der Waals surface area contributed by atoms with Crippen LogP contribution in [0.25, 0.3) is 0 Å². The van der Waals surface area contributed by atoms with E-state index in [2.05, 4.69) is 5.32 Å². The van der Waals surface area contributed by atoms with Crippen molar-refractivity contribution in [1.82, 2.24) is 0 Å². The standard InChI is InChI=1S/C20H23NO5/c1-13(2)25-20(23)14(3)26-16-11-9-15(10-12-16)19(22)21-17-7-5-6-8-18(17)24-4/h5-14H,1-4H3,(H,21,22)/t14-/m0/s1. The molecule has 0 aliphatic heterocycles. The first kappa shape index (κ1) is 19.3. The summed E-state index contributed by atoms with van der Waals surface area (Å²) in [7, 11) is 1.54. The average Bonchev–Trinajstić information content (AvgIpc) is 2.62. The summed E-state index contributed by atoms with van der Waals surface area (Å²) in [6.45, 7) is 5.17. The summed E-state index contributed by atoms with van der Waals surface area (Å²) < 4.78 is 15.9. The van der Waals surface area contributed by atoms with Crippen LogP contribution in [0.4, 0.5) is 5.69 Å². The Bertz CT molecular complexity index is 755. The number of rotatable bonds is 7. The third-order valence-corrected chi connectivity index (χ3v) is 3.47. The Morgan fingerprint density at radius 3 is 2.23 bits per heavy atom. The molecule has 6 nitrogen and oxygen atoms in total. The average molecular weight is 357 g/mol. The summed E-state index contributed by atoms with van der Waals surface area (Å²) in [5.74, 6) is 0.358. The first-order valence-corrected chi connectivity index (χ1v) is 8.32. The molecule has 0 aliphatic carbocycles. The fraction of sp³-hybridized carbons (Fsp3) is 0.300. The summed E-state index contributed by atoms with van der Waals surface area (Å²) in [6.07, 6.45) is -0.930. The Morgan fingerprint density at radius 2 is 1.62 bits per heavy atom. The van der Waals surface area contributed by atoms with E-state index in [0.717, 1.165) is 0 Å². The van der Waals surface area contributed by atoms with Crippen molar-refractivity contribution in [1.29, 1.82) is 0 Å². The van der Waals surface area contributed by atoms with Crippen LogP contribution < -0.4 is 14.8 Å². The minimum atomic E-state index is -0.731. The summed E-state index contributed by atoms with van der Waals surface area (Å²) in [6, 6.07) is 13.7. The highest BCUT2D eigenvalue weighted by molar-refractivity contribution is 6.05. The fourth-order valence-corrected chi connectivity index (χ4v) is 2.21. The van der Waals surface area contributed by atoms with Gasteiger partial charge in [0, 0.05) is 5.56 Å². The van der Waals surface area contributed by atoms with E-state index in [1.165, 1.54) is 0 Å². The van der Waals surface area contributed by atoms with Gasteiger partial charge in [-0.25, -0.2) is 4.79 Å². The summed E-state index contributed by atoms with van der Waals surface area (Å²) >= 11 is 0. The van der Waals surface area contributed by atoms with Crippen molar-refractivity contribution in [3.8, 4) is 11.5 Å². The maximum Gasteiger partial charge on any atom is 0.347 e. The van der Waals surface area contributed by atoms with Crippen LogP contribution in [0.3, 0.4) is 0 Å². The van der Waals surface area contributed by atoms with E-state index in [-0.39, 0.29) is 12.0 Å². The molecule has 1 N–H and O–H groups in total. The Labute approximate surface area is 153 Å².